The SMILES string of the molecule is C[C@@H]1CCN(C2CN(C(=O)Oc3ccc(OC(F)(F)F)cn3)CC(F)(F)C2)C(=O)C1. The zero-order chi connectivity index (χ0) is 22.1. The van der Waals surface area contributed by atoms with E-state index in [0.717, 1.165) is 17.0 Å². The zero-order valence-corrected chi connectivity index (χ0v) is 16.0. The topological polar surface area (TPSA) is 72.0 Å². The highest BCUT2D eigenvalue weighted by Crippen LogP contribution is 2.32. The highest BCUT2D eigenvalue weighted by atomic mass is 19.4. The summed E-state index contributed by atoms with van der Waals surface area (Å²) in [4.78, 5) is 30.3. The van der Waals surface area contributed by atoms with Crippen LogP contribution in [-0.4, -0.2) is 64.7 Å². The van der Waals surface area contributed by atoms with Crippen molar-refractivity contribution in [1.82, 2.24) is 14.8 Å². The van der Waals surface area contributed by atoms with Gasteiger partial charge in [0.15, 0.2) is 0 Å². The number of pyridine rings is 1. The molecule has 1 aromatic heterocycles. The van der Waals surface area contributed by atoms with Gasteiger partial charge < -0.3 is 14.4 Å². The molecular weight excluding hydrogens is 417 g/mol. The largest absolute Gasteiger partial charge is 0.573 e. The minimum absolute atomic E-state index is 0.135. The Morgan fingerprint density at radius 3 is 2.63 bits per heavy atom. The molecule has 0 spiro atoms. The molecule has 2 fully saturated rings. The molecule has 3 rings (SSSR count). The van der Waals surface area contributed by atoms with Crippen LogP contribution in [0.15, 0.2) is 18.3 Å². The molecule has 0 aromatic carbocycles. The van der Waals surface area contributed by atoms with Gasteiger partial charge >= 0.3 is 12.5 Å². The Morgan fingerprint density at radius 2 is 2.03 bits per heavy atom. The second kappa shape index (κ2) is 8.23. The summed E-state index contributed by atoms with van der Waals surface area (Å²) in [6.07, 6.45) is -4.94. The zero-order valence-electron chi connectivity index (χ0n) is 16.0. The smallest absolute Gasteiger partial charge is 0.404 e. The van der Waals surface area contributed by atoms with E-state index in [0.29, 0.717) is 19.2 Å². The van der Waals surface area contributed by atoms with Crippen molar-refractivity contribution in [2.24, 2.45) is 5.92 Å². The van der Waals surface area contributed by atoms with Gasteiger partial charge in [-0.3, -0.25) is 9.69 Å². The van der Waals surface area contributed by atoms with Gasteiger partial charge in [-0.15, -0.1) is 13.2 Å². The number of ether oxygens (including phenoxy) is 2. The molecule has 0 bridgehead atoms. The summed E-state index contributed by atoms with van der Waals surface area (Å²) in [7, 11) is 0. The van der Waals surface area contributed by atoms with Crippen LogP contribution >= 0.6 is 0 Å². The molecule has 0 aliphatic carbocycles. The number of aromatic nitrogens is 1. The van der Waals surface area contributed by atoms with Gasteiger partial charge in [0, 0.05) is 32.0 Å². The summed E-state index contributed by atoms with van der Waals surface area (Å²) in [5.41, 5.74) is 0. The third-order valence-corrected chi connectivity index (χ3v) is 4.93. The van der Waals surface area contributed by atoms with Crippen LogP contribution in [-0.2, 0) is 4.79 Å². The number of alkyl halides is 5. The van der Waals surface area contributed by atoms with E-state index in [1.54, 1.807) is 0 Å². The molecule has 2 amide bonds. The molecule has 166 valence electrons. The van der Waals surface area contributed by atoms with Crippen LogP contribution in [0.25, 0.3) is 0 Å². The lowest BCUT2D eigenvalue weighted by Crippen LogP contribution is -2.59. The highest BCUT2D eigenvalue weighted by molar-refractivity contribution is 5.78. The van der Waals surface area contributed by atoms with Crippen molar-refractivity contribution in [3.8, 4) is 11.6 Å². The van der Waals surface area contributed by atoms with Crippen LogP contribution in [0.3, 0.4) is 0 Å². The third kappa shape index (κ3) is 5.70. The van der Waals surface area contributed by atoms with Crippen LogP contribution in [0.2, 0.25) is 0 Å². The fourth-order valence-electron chi connectivity index (χ4n) is 3.58. The summed E-state index contributed by atoms with van der Waals surface area (Å²) in [5, 5.41) is 0. The number of nitrogens with zero attached hydrogens (tertiary/aromatic N) is 3. The Morgan fingerprint density at radius 1 is 1.30 bits per heavy atom. The number of likely N-dealkylation sites (tertiary alicyclic amines) is 2. The van der Waals surface area contributed by atoms with Crippen molar-refractivity contribution in [1.29, 1.82) is 0 Å². The lowest BCUT2D eigenvalue weighted by atomic mass is 9.94. The fraction of sp³-hybridized carbons (Fsp3) is 0.611. The van der Waals surface area contributed by atoms with Gasteiger partial charge in [0.2, 0.25) is 11.8 Å². The number of piperidine rings is 2. The van der Waals surface area contributed by atoms with Crippen LogP contribution < -0.4 is 9.47 Å². The van der Waals surface area contributed by atoms with Crippen molar-refractivity contribution in [3.63, 3.8) is 0 Å². The number of rotatable bonds is 3. The Balaban J connectivity index is 1.65. The number of hydrogen-bond acceptors (Lipinski definition) is 5. The van der Waals surface area contributed by atoms with E-state index in [-0.39, 0.29) is 30.7 Å². The Labute approximate surface area is 168 Å². The van der Waals surface area contributed by atoms with E-state index in [1.807, 2.05) is 6.92 Å². The molecule has 0 radical (unpaired) electrons. The number of carbonyl (C=O) groups excluding carboxylic acids is 2. The molecule has 0 N–H and O–H groups in total. The normalized spacial score (nSPS) is 24.5. The first-order chi connectivity index (χ1) is 13.9. The summed E-state index contributed by atoms with van der Waals surface area (Å²) in [6, 6.07) is 0.982. The van der Waals surface area contributed by atoms with Crippen molar-refractivity contribution in [3.05, 3.63) is 18.3 Å². The summed E-state index contributed by atoms with van der Waals surface area (Å²) < 4.78 is 73.6. The maximum atomic E-state index is 14.2. The van der Waals surface area contributed by atoms with Gasteiger partial charge in [0.05, 0.1) is 18.8 Å². The van der Waals surface area contributed by atoms with Crippen LogP contribution in [0.5, 0.6) is 11.6 Å². The van der Waals surface area contributed by atoms with Crippen LogP contribution in [0.1, 0.15) is 26.2 Å². The second-order valence-corrected chi connectivity index (χ2v) is 7.53. The molecule has 0 saturated carbocycles. The summed E-state index contributed by atoms with van der Waals surface area (Å²) in [5.74, 6) is -4.27. The lowest BCUT2D eigenvalue weighted by Gasteiger charge is -2.43. The van der Waals surface area contributed by atoms with Crippen LogP contribution in [0, 0.1) is 5.92 Å². The van der Waals surface area contributed by atoms with E-state index >= 15 is 0 Å². The Hall–Kier alpha value is -2.66. The second-order valence-electron chi connectivity index (χ2n) is 7.53. The first-order valence-corrected chi connectivity index (χ1v) is 9.28. The predicted octanol–water partition coefficient (Wildman–Crippen LogP) is 3.45. The van der Waals surface area contributed by atoms with E-state index in [2.05, 4.69) is 9.72 Å². The maximum absolute atomic E-state index is 14.2. The molecule has 2 aliphatic rings. The van der Waals surface area contributed by atoms with Gasteiger partial charge in [-0.1, -0.05) is 6.92 Å². The van der Waals surface area contributed by atoms with Gasteiger partial charge in [-0.25, -0.2) is 18.6 Å². The van der Waals surface area contributed by atoms with Crippen molar-refractivity contribution >= 4 is 12.0 Å². The summed E-state index contributed by atoms with van der Waals surface area (Å²) >= 11 is 0. The molecule has 2 atom stereocenters. The van der Waals surface area contributed by atoms with Gasteiger partial charge in [-0.2, -0.15) is 0 Å². The lowest BCUT2D eigenvalue weighted by molar-refractivity contribution is -0.274. The highest BCUT2D eigenvalue weighted by Gasteiger charge is 2.46. The number of halogens is 5. The molecule has 12 heteroatoms. The average Bonchev–Trinajstić information content (AvgIpc) is 2.60. The molecule has 1 unspecified atom stereocenters. The van der Waals surface area contributed by atoms with Crippen molar-refractivity contribution in [2.45, 2.75) is 44.5 Å². The standard InChI is InChI=1S/C18H20F5N3O4/c1-11-4-5-26(15(27)6-11)12-7-17(19,20)10-25(9-12)16(28)29-14-3-2-13(8-24-14)30-18(21,22)23/h2-3,8,11-12H,4-7,9-10H2,1H3/t11-,12?/m1/s1. The number of carbonyl (C=O) groups is 2. The van der Waals surface area contributed by atoms with Gasteiger partial charge in [0.1, 0.15) is 5.75 Å². The van der Waals surface area contributed by atoms with Crippen molar-refractivity contribution < 1.29 is 41.0 Å². The fourth-order valence-corrected chi connectivity index (χ4v) is 3.58. The van der Waals surface area contributed by atoms with E-state index in [4.69, 9.17) is 4.74 Å². The minimum atomic E-state index is -4.90. The van der Waals surface area contributed by atoms with Gasteiger partial charge in [0.25, 0.3) is 5.92 Å². The Bertz CT molecular complexity index is 787. The molecule has 1 aromatic rings. The first kappa shape index (κ1) is 22.0. The van der Waals surface area contributed by atoms with Gasteiger partial charge in [-0.05, 0) is 18.4 Å². The molecular formula is C18H20F5N3O4. The third-order valence-electron chi connectivity index (χ3n) is 4.93. The number of hydrogen-bond donors (Lipinski definition) is 0. The van der Waals surface area contributed by atoms with Crippen LogP contribution in [0.4, 0.5) is 26.7 Å². The van der Waals surface area contributed by atoms with Crippen molar-refractivity contribution in [2.75, 3.05) is 19.6 Å². The predicted molar refractivity (Wildman–Crippen MR) is 92.0 cm³/mol. The monoisotopic (exact) mass is 437 g/mol. The summed E-state index contributed by atoms with van der Waals surface area (Å²) in [6.45, 7) is 1.22. The maximum Gasteiger partial charge on any atom is 0.573 e. The quantitative estimate of drug-likeness (QED) is 0.678. The van der Waals surface area contributed by atoms with E-state index in [9.17, 15) is 31.5 Å². The molecule has 7 nitrogen and oxygen atoms in total. The average molecular weight is 437 g/mol. The minimum Gasteiger partial charge on any atom is -0.404 e. The molecule has 2 saturated heterocycles. The van der Waals surface area contributed by atoms with E-state index in [1.165, 1.54) is 4.90 Å². The molecule has 3 heterocycles. The Kier molecular flexibility index (Phi) is 6.04. The molecule has 2 aliphatic heterocycles. The number of amides is 2. The first-order valence-electron chi connectivity index (χ1n) is 9.28. The van der Waals surface area contributed by atoms with E-state index < -0.39 is 43.1 Å². The molecule has 30 heavy (non-hydrogen) atoms.